The van der Waals surface area contributed by atoms with Gasteiger partial charge in [0.25, 0.3) is 5.91 Å². The number of thiazole rings is 1. The molecule has 0 saturated carbocycles. The summed E-state index contributed by atoms with van der Waals surface area (Å²) in [5.41, 5.74) is 1.13. The van der Waals surface area contributed by atoms with E-state index in [1.807, 2.05) is 6.92 Å². The molecule has 0 spiro atoms. The summed E-state index contributed by atoms with van der Waals surface area (Å²) in [4.78, 5) is 20.6. The molecule has 20 heavy (non-hydrogen) atoms. The van der Waals surface area contributed by atoms with E-state index in [1.54, 1.807) is 30.3 Å². The van der Waals surface area contributed by atoms with Crippen molar-refractivity contribution in [2.45, 2.75) is 44.6 Å². The highest BCUT2D eigenvalue weighted by Gasteiger charge is 2.45. The molecule has 0 radical (unpaired) electrons. The van der Waals surface area contributed by atoms with Crippen molar-refractivity contribution in [3.63, 3.8) is 0 Å². The molecule has 1 aromatic rings. The number of carbonyl (C=O) groups is 1. The van der Waals surface area contributed by atoms with Gasteiger partial charge in [-0.25, -0.2) is 4.98 Å². The van der Waals surface area contributed by atoms with Crippen LogP contribution in [0.15, 0.2) is 5.38 Å². The number of likely N-dealkylation sites (tertiary alicyclic amines) is 1. The first kappa shape index (κ1) is 14.0. The Morgan fingerprint density at radius 3 is 3.05 bits per heavy atom. The van der Waals surface area contributed by atoms with Crippen LogP contribution in [0.1, 0.15) is 23.5 Å². The third-order valence-electron chi connectivity index (χ3n) is 4.14. The van der Waals surface area contributed by atoms with Crippen molar-refractivity contribution in [2.75, 3.05) is 20.6 Å². The molecule has 2 fully saturated rings. The number of carbonyl (C=O) groups excluding carboxylic acids is 1. The molecular weight excluding hydrogens is 274 g/mol. The van der Waals surface area contributed by atoms with Crippen LogP contribution < -0.4 is 0 Å². The van der Waals surface area contributed by atoms with Crippen LogP contribution in [-0.2, 0) is 16.1 Å². The second kappa shape index (κ2) is 5.42. The lowest BCUT2D eigenvalue weighted by Crippen LogP contribution is -2.35. The molecule has 3 heterocycles. The van der Waals surface area contributed by atoms with E-state index in [1.165, 1.54) is 0 Å². The zero-order valence-corrected chi connectivity index (χ0v) is 13.0. The molecule has 2 saturated heterocycles. The molecule has 110 valence electrons. The first-order valence-corrected chi connectivity index (χ1v) is 7.94. The fraction of sp³-hybridized carbons (Fsp3) is 0.714. The van der Waals surface area contributed by atoms with E-state index in [-0.39, 0.29) is 18.1 Å². The molecule has 0 unspecified atom stereocenters. The molecule has 0 aromatic carbocycles. The molecule has 1 aromatic heterocycles. The first-order chi connectivity index (χ1) is 9.54. The minimum atomic E-state index is -0.264. The average molecular weight is 295 g/mol. The Balaban J connectivity index is 1.64. The number of hydrogen-bond donors (Lipinski definition) is 0. The van der Waals surface area contributed by atoms with Gasteiger partial charge >= 0.3 is 0 Å². The minimum Gasteiger partial charge on any atom is -0.363 e. The Morgan fingerprint density at radius 1 is 1.60 bits per heavy atom. The van der Waals surface area contributed by atoms with Crippen molar-refractivity contribution < 1.29 is 9.53 Å². The smallest absolute Gasteiger partial charge is 0.251 e. The molecule has 0 aliphatic carbocycles. The van der Waals surface area contributed by atoms with E-state index in [0.29, 0.717) is 6.04 Å². The lowest BCUT2D eigenvalue weighted by atomic mass is 10.1. The van der Waals surface area contributed by atoms with Gasteiger partial charge < -0.3 is 9.64 Å². The standard InChI is InChI=1S/C14H21N3O2S/c1-9-15-10(8-20-9)7-17-5-4-12-11(17)6-13(19-12)14(18)16(2)3/h8,11-13H,4-7H2,1-3H3/t11-,12-,13+/m1/s1. The van der Waals surface area contributed by atoms with Gasteiger partial charge in [-0.2, -0.15) is 0 Å². The zero-order valence-electron chi connectivity index (χ0n) is 12.2. The van der Waals surface area contributed by atoms with Crippen LogP contribution in [-0.4, -0.2) is 59.6 Å². The van der Waals surface area contributed by atoms with Gasteiger partial charge in [-0.1, -0.05) is 0 Å². The van der Waals surface area contributed by atoms with Crippen LogP contribution in [0.2, 0.25) is 0 Å². The summed E-state index contributed by atoms with van der Waals surface area (Å²) in [6, 6.07) is 0.367. The molecule has 0 N–H and O–H groups in total. The largest absolute Gasteiger partial charge is 0.363 e. The molecule has 5 nitrogen and oxygen atoms in total. The van der Waals surface area contributed by atoms with Crippen LogP contribution in [0.25, 0.3) is 0 Å². The van der Waals surface area contributed by atoms with E-state index < -0.39 is 0 Å². The Hall–Kier alpha value is -0.980. The lowest BCUT2D eigenvalue weighted by Gasteiger charge is -2.22. The average Bonchev–Trinajstić information content (AvgIpc) is 3.06. The lowest BCUT2D eigenvalue weighted by molar-refractivity contribution is -0.140. The van der Waals surface area contributed by atoms with E-state index in [9.17, 15) is 4.79 Å². The van der Waals surface area contributed by atoms with Crippen LogP contribution >= 0.6 is 11.3 Å². The summed E-state index contributed by atoms with van der Waals surface area (Å²) in [6.45, 7) is 3.94. The summed E-state index contributed by atoms with van der Waals surface area (Å²) in [5, 5.41) is 3.24. The highest BCUT2D eigenvalue weighted by molar-refractivity contribution is 7.09. The van der Waals surface area contributed by atoms with Crippen molar-refractivity contribution in [3.8, 4) is 0 Å². The molecule has 3 rings (SSSR count). The van der Waals surface area contributed by atoms with Gasteiger partial charge in [0.1, 0.15) is 6.10 Å². The maximum Gasteiger partial charge on any atom is 0.251 e. The third kappa shape index (κ3) is 2.60. The highest BCUT2D eigenvalue weighted by atomic mass is 32.1. The maximum absolute atomic E-state index is 12.0. The Labute approximate surface area is 123 Å². The van der Waals surface area contributed by atoms with Crippen molar-refractivity contribution >= 4 is 17.2 Å². The van der Waals surface area contributed by atoms with Gasteiger partial charge in [0, 0.05) is 45.0 Å². The van der Waals surface area contributed by atoms with E-state index >= 15 is 0 Å². The minimum absolute atomic E-state index is 0.0869. The molecule has 2 aliphatic heterocycles. The third-order valence-corrected chi connectivity index (χ3v) is 4.96. The summed E-state index contributed by atoms with van der Waals surface area (Å²) in [7, 11) is 3.57. The zero-order chi connectivity index (χ0) is 14.3. The van der Waals surface area contributed by atoms with E-state index in [4.69, 9.17) is 4.74 Å². The van der Waals surface area contributed by atoms with Gasteiger partial charge in [0.05, 0.1) is 16.8 Å². The van der Waals surface area contributed by atoms with Gasteiger partial charge in [-0.3, -0.25) is 9.69 Å². The fourth-order valence-corrected chi connectivity index (χ4v) is 3.77. The van der Waals surface area contributed by atoms with Crippen LogP contribution in [0, 0.1) is 6.92 Å². The van der Waals surface area contributed by atoms with E-state index in [0.717, 1.165) is 36.6 Å². The van der Waals surface area contributed by atoms with Gasteiger partial charge in [0.15, 0.2) is 0 Å². The van der Waals surface area contributed by atoms with Crippen LogP contribution in [0.4, 0.5) is 0 Å². The topological polar surface area (TPSA) is 45.7 Å². The normalized spacial score (nSPS) is 29.6. The van der Waals surface area contributed by atoms with Crippen molar-refractivity contribution in [1.82, 2.24) is 14.8 Å². The molecule has 2 aliphatic rings. The van der Waals surface area contributed by atoms with Crippen molar-refractivity contribution in [1.29, 1.82) is 0 Å². The molecule has 1 amide bonds. The number of aryl methyl sites for hydroxylation is 1. The second-order valence-corrected chi connectivity index (χ2v) is 6.88. The van der Waals surface area contributed by atoms with Gasteiger partial charge in [-0.05, 0) is 13.3 Å². The van der Waals surface area contributed by atoms with Gasteiger partial charge in [0.2, 0.25) is 0 Å². The Bertz CT molecular complexity index is 502. The quantitative estimate of drug-likeness (QED) is 0.842. The maximum atomic E-state index is 12.0. The molecule has 0 bridgehead atoms. The van der Waals surface area contributed by atoms with Crippen molar-refractivity contribution in [2.24, 2.45) is 0 Å². The summed E-state index contributed by atoms with van der Waals surface area (Å²) >= 11 is 1.69. The number of amides is 1. The summed E-state index contributed by atoms with van der Waals surface area (Å²) < 4.78 is 5.93. The summed E-state index contributed by atoms with van der Waals surface area (Å²) in [6.07, 6.45) is 1.78. The number of likely N-dealkylation sites (N-methyl/N-ethyl adjacent to an activating group) is 1. The molecular formula is C14H21N3O2S. The number of fused-ring (bicyclic) bond motifs is 1. The molecule has 6 heteroatoms. The molecule has 3 atom stereocenters. The number of aromatic nitrogens is 1. The van der Waals surface area contributed by atoms with Gasteiger partial charge in [-0.15, -0.1) is 11.3 Å². The number of rotatable bonds is 3. The predicted molar refractivity (Wildman–Crippen MR) is 77.6 cm³/mol. The predicted octanol–water partition coefficient (Wildman–Crippen LogP) is 1.27. The SMILES string of the molecule is Cc1nc(CN2CC[C@H]3O[C@H](C(=O)N(C)C)C[C@H]32)cs1. The first-order valence-electron chi connectivity index (χ1n) is 7.06. The van der Waals surface area contributed by atoms with Crippen LogP contribution in [0.5, 0.6) is 0 Å². The van der Waals surface area contributed by atoms with Crippen molar-refractivity contribution in [3.05, 3.63) is 16.1 Å². The Morgan fingerprint density at radius 2 is 2.40 bits per heavy atom. The van der Waals surface area contributed by atoms with E-state index in [2.05, 4.69) is 15.3 Å². The monoisotopic (exact) mass is 295 g/mol. The fourth-order valence-electron chi connectivity index (χ4n) is 3.16. The summed E-state index contributed by atoms with van der Waals surface area (Å²) in [5.74, 6) is 0.0869. The highest BCUT2D eigenvalue weighted by Crippen LogP contribution is 2.34. The second-order valence-electron chi connectivity index (χ2n) is 5.82. The number of nitrogens with zero attached hydrogens (tertiary/aromatic N) is 3. The Kier molecular flexibility index (Phi) is 3.79. The number of hydrogen-bond acceptors (Lipinski definition) is 5. The number of ether oxygens (including phenoxy) is 1. The van der Waals surface area contributed by atoms with Crippen LogP contribution in [0.3, 0.4) is 0 Å².